The lowest BCUT2D eigenvalue weighted by Crippen LogP contribution is -2.55. The summed E-state index contributed by atoms with van der Waals surface area (Å²) >= 11 is 0. The van der Waals surface area contributed by atoms with Crippen molar-refractivity contribution < 1.29 is 22.1 Å². The summed E-state index contributed by atoms with van der Waals surface area (Å²) in [5.74, 6) is -0.0878. The van der Waals surface area contributed by atoms with E-state index in [9.17, 15) is 13.2 Å². The highest BCUT2D eigenvalue weighted by Gasteiger charge is 2.81. The van der Waals surface area contributed by atoms with E-state index in [1.165, 1.54) is 7.11 Å². The van der Waals surface area contributed by atoms with Crippen LogP contribution in [0.1, 0.15) is 40.5 Å². The van der Waals surface area contributed by atoms with E-state index in [2.05, 4.69) is 27.7 Å². The molecule has 3 fully saturated rings. The number of fused-ring (bicyclic) bond motifs is 1. The minimum atomic E-state index is -3.92. The molecule has 0 aromatic carbocycles. The molecule has 0 aromatic heterocycles. The summed E-state index contributed by atoms with van der Waals surface area (Å²) in [5, 5.41) is 0. The summed E-state index contributed by atoms with van der Waals surface area (Å²) in [6, 6.07) is 0. The average Bonchev–Trinajstić information content (AvgIpc) is 2.94. The monoisotopic (exact) mass is 316 g/mol. The van der Waals surface area contributed by atoms with Crippen molar-refractivity contribution >= 4 is 16.1 Å². The summed E-state index contributed by atoms with van der Waals surface area (Å²) in [7, 11) is -2.66. The molecule has 1 heterocycles. The van der Waals surface area contributed by atoms with E-state index in [0.29, 0.717) is 18.3 Å². The molecule has 4 atom stereocenters. The van der Waals surface area contributed by atoms with Crippen LogP contribution in [-0.4, -0.2) is 32.3 Å². The first kappa shape index (κ1) is 15.3. The van der Waals surface area contributed by atoms with Crippen molar-refractivity contribution in [2.24, 2.45) is 29.1 Å². The zero-order valence-electron chi connectivity index (χ0n) is 13.3. The van der Waals surface area contributed by atoms with Crippen LogP contribution in [0.4, 0.5) is 0 Å². The molecule has 5 nitrogen and oxygen atoms in total. The van der Waals surface area contributed by atoms with E-state index in [-0.39, 0.29) is 23.4 Å². The fraction of sp³-hybridized carbons (Fsp3) is 0.933. The molecule has 21 heavy (non-hydrogen) atoms. The van der Waals surface area contributed by atoms with E-state index >= 15 is 0 Å². The third-order valence-corrected chi connectivity index (χ3v) is 8.45. The first-order valence-corrected chi connectivity index (χ1v) is 9.08. The second-order valence-electron chi connectivity index (χ2n) is 7.40. The molecule has 2 aliphatic carbocycles. The maximum Gasteiger partial charge on any atom is 0.330 e. The van der Waals surface area contributed by atoms with Gasteiger partial charge in [-0.05, 0) is 30.6 Å². The molecule has 0 radical (unpaired) electrons. The Morgan fingerprint density at radius 2 is 1.81 bits per heavy atom. The van der Waals surface area contributed by atoms with Crippen LogP contribution in [0.25, 0.3) is 0 Å². The van der Waals surface area contributed by atoms with Gasteiger partial charge in [-0.15, -0.1) is 0 Å². The Balaban J connectivity index is 2.17. The van der Waals surface area contributed by atoms with Crippen molar-refractivity contribution in [3.8, 4) is 0 Å². The third kappa shape index (κ3) is 1.41. The van der Waals surface area contributed by atoms with E-state index in [1.54, 1.807) is 0 Å². The van der Waals surface area contributed by atoms with Gasteiger partial charge in [0, 0.05) is 11.3 Å². The number of ether oxygens (including phenoxy) is 1. The minimum absolute atomic E-state index is 0.175. The normalized spacial score (nSPS) is 42.0. The van der Waals surface area contributed by atoms with Gasteiger partial charge < -0.3 is 4.74 Å². The second kappa shape index (κ2) is 4.22. The highest BCUT2D eigenvalue weighted by atomic mass is 32.2. The Morgan fingerprint density at radius 3 is 2.29 bits per heavy atom. The van der Waals surface area contributed by atoms with Gasteiger partial charge in [0.25, 0.3) is 10.1 Å². The number of methoxy groups -OCH3 is 1. The summed E-state index contributed by atoms with van der Waals surface area (Å²) in [6.45, 7) is 8.54. The Hall–Kier alpha value is -0.620. The highest BCUT2D eigenvalue weighted by Crippen LogP contribution is 2.72. The van der Waals surface area contributed by atoms with E-state index in [1.807, 2.05) is 0 Å². The first-order chi connectivity index (χ1) is 9.66. The first-order valence-electron chi connectivity index (χ1n) is 7.67. The number of esters is 1. The second-order valence-corrected chi connectivity index (χ2v) is 9.23. The van der Waals surface area contributed by atoms with Crippen LogP contribution in [0.3, 0.4) is 0 Å². The van der Waals surface area contributed by atoms with Gasteiger partial charge in [-0.2, -0.15) is 8.42 Å². The third-order valence-electron chi connectivity index (χ3n) is 6.46. The molecule has 2 bridgehead atoms. The zero-order valence-corrected chi connectivity index (χ0v) is 14.1. The van der Waals surface area contributed by atoms with Crippen molar-refractivity contribution in [1.82, 2.24) is 0 Å². The number of rotatable bonds is 3. The molecular formula is C15H24O5S. The van der Waals surface area contributed by atoms with Crippen LogP contribution in [0, 0.1) is 29.1 Å². The number of carbonyl (C=O) groups is 1. The Labute approximate surface area is 126 Å². The largest absolute Gasteiger partial charge is 0.468 e. The molecule has 3 aliphatic rings. The van der Waals surface area contributed by atoms with Gasteiger partial charge in [-0.1, -0.05) is 27.7 Å². The summed E-state index contributed by atoms with van der Waals surface area (Å²) < 4.78 is 34.2. The van der Waals surface area contributed by atoms with E-state index in [0.717, 1.165) is 6.42 Å². The molecule has 120 valence electrons. The standard InChI is InChI=1S/C15H24O5S/c1-8(2)15(9(3)4)10-6-11-12(15)20-21(17,18)14(11,7-10)13(16)19-5/h8-12H,6-7H2,1-5H3. The molecule has 1 aliphatic heterocycles. The number of hydrogen-bond acceptors (Lipinski definition) is 5. The molecule has 3 rings (SSSR count). The van der Waals surface area contributed by atoms with Crippen LogP contribution >= 0.6 is 0 Å². The Kier molecular flexibility index (Phi) is 3.07. The molecule has 6 heteroatoms. The molecule has 0 N–H and O–H groups in total. The van der Waals surface area contributed by atoms with Gasteiger partial charge in [0.05, 0.1) is 13.2 Å². The van der Waals surface area contributed by atoms with Crippen molar-refractivity contribution in [1.29, 1.82) is 0 Å². The van der Waals surface area contributed by atoms with Crippen LogP contribution in [0.15, 0.2) is 0 Å². The van der Waals surface area contributed by atoms with Gasteiger partial charge in [-0.25, -0.2) is 0 Å². The predicted octanol–water partition coefficient (Wildman–Crippen LogP) is 1.96. The fourth-order valence-electron chi connectivity index (χ4n) is 5.86. The van der Waals surface area contributed by atoms with Crippen LogP contribution in [0.5, 0.6) is 0 Å². The molecule has 2 saturated carbocycles. The maximum atomic E-state index is 12.6. The summed E-state index contributed by atoms with van der Waals surface area (Å²) in [6.07, 6.45) is 0.704. The van der Waals surface area contributed by atoms with Gasteiger partial charge in [-0.3, -0.25) is 8.98 Å². The lowest BCUT2D eigenvalue weighted by molar-refractivity contribution is -0.147. The van der Waals surface area contributed by atoms with Crippen molar-refractivity contribution in [3.05, 3.63) is 0 Å². The van der Waals surface area contributed by atoms with Crippen LogP contribution in [-0.2, 0) is 23.8 Å². The van der Waals surface area contributed by atoms with Gasteiger partial charge in [0.2, 0.25) is 0 Å². The predicted molar refractivity (Wildman–Crippen MR) is 76.9 cm³/mol. The van der Waals surface area contributed by atoms with Gasteiger partial charge in [0.1, 0.15) is 0 Å². The number of hydrogen-bond donors (Lipinski definition) is 0. The zero-order chi connectivity index (χ0) is 15.8. The lowest BCUT2D eigenvalue weighted by atomic mass is 9.57. The summed E-state index contributed by atoms with van der Waals surface area (Å²) in [5.41, 5.74) is -0.175. The van der Waals surface area contributed by atoms with Crippen LogP contribution < -0.4 is 0 Å². The molecule has 0 spiro atoms. The molecule has 0 aromatic rings. The van der Waals surface area contributed by atoms with Crippen LogP contribution in [0.2, 0.25) is 0 Å². The van der Waals surface area contributed by atoms with Gasteiger partial charge in [0.15, 0.2) is 4.75 Å². The lowest BCUT2D eigenvalue weighted by Gasteiger charge is -2.48. The number of carbonyl (C=O) groups excluding carboxylic acids is 1. The molecular weight excluding hydrogens is 292 g/mol. The minimum Gasteiger partial charge on any atom is -0.468 e. The molecule has 0 amide bonds. The smallest absolute Gasteiger partial charge is 0.330 e. The quantitative estimate of drug-likeness (QED) is 0.588. The average molecular weight is 316 g/mol. The SMILES string of the molecule is COC(=O)C12CC3CC1C(OS2(=O)=O)C3(C(C)C)C(C)C. The van der Waals surface area contributed by atoms with Gasteiger partial charge >= 0.3 is 5.97 Å². The molecule has 4 unspecified atom stereocenters. The van der Waals surface area contributed by atoms with Crippen molar-refractivity contribution in [3.63, 3.8) is 0 Å². The van der Waals surface area contributed by atoms with E-state index in [4.69, 9.17) is 8.92 Å². The Morgan fingerprint density at radius 1 is 1.24 bits per heavy atom. The maximum absolute atomic E-state index is 12.6. The van der Waals surface area contributed by atoms with Crippen molar-refractivity contribution in [2.75, 3.05) is 7.11 Å². The Bertz CT molecular complexity index is 571. The fourth-order valence-corrected chi connectivity index (χ4v) is 7.89. The van der Waals surface area contributed by atoms with E-state index < -0.39 is 20.8 Å². The van der Waals surface area contributed by atoms with Crippen molar-refractivity contribution in [2.45, 2.75) is 51.4 Å². The highest BCUT2D eigenvalue weighted by molar-refractivity contribution is 7.89. The topological polar surface area (TPSA) is 69.7 Å². The summed E-state index contributed by atoms with van der Waals surface area (Å²) in [4.78, 5) is 12.3. The molecule has 1 saturated heterocycles.